The molecular formula is C90H100Br4N4O2S3. The van der Waals surface area contributed by atoms with Crippen molar-refractivity contribution in [2.24, 2.45) is 0 Å². The van der Waals surface area contributed by atoms with Crippen LogP contribution in [0.25, 0.3) is 109 Å². The van der Waals surface area contributed by atoms with Gasteiger partial charge in [0, 0.05) is 73.9 Å². The van der Waals surface area contributed by atoms with E-state index in [9.17, 15) is 0 Å². The Morgan fingerprint density at radius 3 is 1.04 bits per heavy atom. The Balaban J connectivity index is 0.960. The molecule has 13 rings (SSSR count). The molecule has 0 unspecified atom stereocenters. The van der Waals surface area contributed by atoms with Gasteiger partial charge in [0.25, 0.3) is 0 Å². The summed E-state index contributed by atoms with van der Waals surface area (Å²) in [6, 6.07) is 60.0. The number of unbranched alkanes of at least 4 members (excludes halogenated alkanes) is 18. The van der Waals surface area contributed by atoms with Crippen LogP contribution in [0.5, 0.6) is 11.5 Å². The van der Waals surface area contributed by atoms with Crippen LogP contribution in [0.4, 0.5) is 0 Å². The molecule has 0 N–H and O–H groups in total. The Hall–Kier alpha value is -5.38. The number of alkyl halides is 4. The van der Waals surface area contributed by atoms with E-state index < -0.39 is 0 Å². The van der Waals surface area contributed by atoms with E-state index >= 15 is 0 Å². The predicted octanol–water partition coefficient (Wildman–Crippen LogP) is 29.6. The van der Waals surface area contributed by atoms with Gasteiger partial charge in [-0.3, -0.25) is 0 Å². The molecule has 0 saturated carbocycles. The summed E-state index contributed by atoms with van der Waals surface area (Å²) in [6.45, 7) is 5.89. The van der Waals surface area contributed by atoms with Crippen LogP contribution in [0.15, 0.2) is 158 Å². The maximum Gasteiger partial charge on any atom is 0.119 e. The average molecular weight is 1690 g/mol. The molecule has 0 atom stereocenters. The molecule has 2 aliphatic rings. The molecule has 2 aliphatic carbocycles. The van der Waals surface area contributed by atoms with Crippen molar-refractivity contribution in [2.45, 2.75) is 204 Å². The number of hydrogen-bond acceptors (Lipinski definition) is 9. The van der Waals surface area contributed by atoms with Gasteiger partial charge in [0.15, 0.2) is 0 Å². The molecule has 4 aromatic heterocycles. The summed E-state index contributed by atoms with van der Waals surface area (Å²) >= 11 is 19.8. The zero-order valence-corrected chi connectivity index (χ0v) is 69.2. The summed E-state index contributed by atoms with van der Waals surface area (Å²) < 4.78 is 23.5. The lowest BCUT2D eigenvalue weighted by Crippen LogP contribution is -2.25. The topological polar surface area (TPSA) is 70.0 Å². The van der Waals surface area contributed by atoms with Gasteiger partial charge in [-0.1, -0.05) is 266 Å². The molecule has 0 amide bonds. The minimum atomic E-state index is -0.0448. The number of rotatable bonds is 42. The number of benzene rings is 7. The van der Waals surface area contributed by atoms with Crippen LogP contribution in [0.3, 0.4) is 0 Å². The molecule has 0 radical (unpaired) electrons. The molecule has 103 heavy (non-hydrogen) atoms. The third-order valence-electron chi connectivity index (χ3n) is 21.9. The molecular weight excluding hydrogens is 1580 g/mol. The Kier molecular flexibility index (Phi) is 27.6. The third kappa shape index (κ3) is 17.1. The number of halogens is 4. The fourth-order valence-electron chi connectivity index (χ4n) is 16.5. The highest BCUT2D eigenvalue weighted by atomic mass is 79.9. The number of ether oxygens (including phenoxy) is 2. The zero-order valence-electron chi connectivity index (χ0n) is 60.4. The predicted molar refractivity (Wildman–Crippen MR) is 458 cm³/mol. The first-order valence-corrected chi connectivity index (χ1v) is 45.6. The minimum absolute atomic E-state index is 0.0448. The van der Waals surface area contributed by atoms with Gasteiger partial charge in [0.05, 0.1) is 36.3 Å². The van der Waals surface area contributed by atoms with Gasteiger partial charge in [0.1, 0.15) is 33.6 Å². The minimum Gasteiger partial charge on any atom is -0.494 e. The number of aromatic nitrogens is 4. The highest BCUT2D eigenvalue weighted by molar-refractivity contribution is 9.09. The van der Waals surface area contributed by atoms with Gasteiger partial charge < -0.3 is 9.47 Å². The smallest absolute Gasteiger partial charge is 0.119 e. The fraction of sp³-hybridized carbons (Fsp3) is 0.422. The number of fused-ring (bicyclic) bond motifs is 8. The van der Waals surface area contributed by atoms with Crippen molar-refractivity contribution in [2.75, 3.05) is 34.5 Å². The van der Waals surface area contributed by atoms with E-state index in [2.05, 4.69) is 235 Å². The summed E-state index contributed by atoms with van der Waals surface area (Å²) in [5.74, 6) is 1.72. The highest BCUT2D eigenvalue weighted by Gasteiger charge is 2.44. The lowest BCUT2D eigenvalue weighted by Gasteiger charge is -2.33. The Morgan fingerprint density at radius 2 is 0.660 bits per heavy atom. The van der Waals surface area contributed by atoms with E-state index in [1.807, 2.05) is 22.7 Å². The molecule has 4 heterocycles. The van der Waals surface area contributed by atoms with Gasteiger partial charge in [-0.15, -0.1) is 22.7 Å². The second-order valence-corrected chi connectivity index (χ2v) is 34.6. The third-order valence-corrected chi connectivity index (χ3v) is 27.0. The SMILES string of the molecule is CCCCCCOc1ccc(-c2nc3c(-c4ccc(-c5ccc6c(c5)C(CCCCCCBr)(CCCCCCBr)c5ccccc5-6)s4)c4nsnc4c(-c4ccc(-c5ccc6c(c5)C(CCCCCCBr)(CCCCCCBr)c5ccccc5-6)s4)c3nc2-c2ccc(OCCCCCC)cc2)cc1. The number of nitrogens with zero attached hydrogens (tertiary/aromatic N) is 4. The van der Waals surface area contributed by atoms with E-state index in [0.717, 1.165) is 150 Å². The molecule has 13 heteroatoms. The molecule has 11 aromatic rings. The molecule has 0 fully saturated rings. The van der Waals surface area contributed by atoms with Crippen LogP contribution in [0.1, 0.15) is 216 Å². The van der Waals surface area contributed by atoms with Gasteiger partial charge in [-0.05, 0) is 205 Å². The summed E-state index contributed by atoms with van der Waals surface area (Å²) in [7, 11) is 0. The molecule has 7 aromatic carbocycles. The van der Waals surface area contributed by atoms with E-state index in [1.165, 1.54) is 206 Å². The van der Waals surface area contributed by atoms with Crippen LogP contribution in [0.2, 0.25) is 0 Å². The van der Waals surface area contributed by atoms with E-state index in [0.29, 0.717) is 13.2 Å². The van der Waals surface area contributed by atoms with E-state index in [4.69, 9.17) is 28.2 Å². The normalized spacial score (nSPS) is 13.3. The van der Waals surface area contributed by atoms with Gasteiger partial charge >= 0.3 is 0 Å². The van der Waals surface area contributed by atoms with E-state index in [-0.39, 0.29) is 10.8 Å². The maximum absolute atomic E-state index is 6.40. The molecule has 6 nitrogen and oxygen atoms in total. The van der Waals surface area contributed by atoms with Crippen molar-refractivity contribution >= 4 is 120 Å². The Morgan fingerprint density at radius 1 is 0.320 bits per heavy atom. The van der Waals surface area contributed by atoms with Crippen molar-refractivity contribution < 1.29 is 9.47 Å². The lowest BCUT2D eigenvalue weighted by atomic mass is 9.70. The quantitative estimate of drug-likeness (QED) is 0.0280. The van der Waals surface area contributed by atoms with Crippen LogP contribution >= 0.6 is 98.1 Å². The lowest BCUT2D eigenvalue weighted by molar-refractivity contribution is 0.305. The number of thiophene rings is 2. The van der Waals surface area contributed by atoms with Crippen LogP contribution in [-0.4, -0.2) is 53.2 Å². The molecule has 0 spiro atoms. The molecule has 0 bridgehead atoms. The Labute approximate surface area is 659 Å². The zero-order chi connectivity index (χ0) is 70.8. The summed E-state index contributed by atoms with van der Waals surface area (Å²) in [4.78, 5) is 16.7. The van der Waals surface area contributed by atoms with Crippen molar-refractivity contribution in [3.05, 3.63) is 180 Å². The second kappa shape index (κ2) is 37.4. The largest absolute Gasteiger partial charge is 0.494 e. The van der Waals surface area contributed by atoms with Crippen LogP contribution in [0, 0.1) is 0 Å². The summed E-state index contributed by atoms with van der Waals surface area (Å²) in [5.41, 5.74) is 22.9. The van der Waals surface area contributed by atoms with Crippen molar-refractivity contribution in [3.8, 4) is 98.0 Å². The Bertz CT molecular complexity index is 4250. The van der Waals surface area contributed by atoms with Crippen LogP contribution in [-0.2, 0) is 10.8 Å². The number of hydrogen-bond donors (Lipinski definition) is 0. The molecule has 0 aliphatic heterocycles. The standard InChI is InChI=1S/C90H100Br4N4O2S3/c1-3-5-7-29-59-99-67-41-35-63(36-42-67)83-84(64-37-43-68(44-38-64)100-60-30-8-6-4-2)96-86-82(80-50-48-78(102-80)66-40-46-72-70-32-18-20-34-74(70)90(76(72)62-66,53-23-11-15-27-57-93)54-24-12-16-28-58-94)88-87(97-103-98-88)81(85(86)95-83)79-49-47-77(101-79)65-39-45-71-69-31-17-19-33-73(69)89(75(71)61-65,51-21-9-13-25-55-91)52-22-10-14-26-56-92/h17-20,31-50,61-62H,3-16,21-30,51-60H2,1-2H3. The average Bonchev–Trinajstić information content (AvgIpc) is 1.63. The maximum atomic E-state index is 6.40. The van der Waals surface area contributed by atoms with Gasteiger partial charge in [-0.25, -0.2) is 9.97 Å². The van der Waals surface area contributed by atoms with Crippen molar-refractivity contribution in [1.29, 1.82) is 0 Å². The first-order chi connectivity index (χ1) is 50.8. The summed E-state index contributed by atoms with van der Waals surface area (Å²) in [6.07, 6.45) is 33.6. The van der Waals surface area contributed by atoms with Crippen LogP contribution < -0.4 is 9.47 Å². The molecule has 0 saturated heterocycles. The highest BCUT2D eigenvalue weighted by Crippen LogP contribution is 2.58. The fourth-order valence-corrected chi connectivity index (χ4v) is 20.8. The van der Waals surface area contributed by atoms with E-state index in [1.54, 1.807) is 0 Å². The van der Waals surface area contributed by atoms with Gasteiger partial charge in [0.2, 0.25) is 0 Å². The first-order valence-electron chi connectivity index (χ1n) is 38.8. The van der Waals surface area contributed by atoms with Crippen molar-refractivity contribution in [1.82, 2.24) is 18.7 Å². The van der Waals surface area contributed by atoms with Gasteiger partial charge in [-0.2, -0.15) is 8.75 Å². The second-order valence-electron chi connectivity index (χ2n) is 28.7. The van der Waals surface area contributed by atoms with Crippen molar-refractivity contribution in [3.63, 3.8) is 0 Å². The summed E-state index contributed by atoms with van der Waals surface area (Å²) in [5, 5.41) is 4.26. The monoisotopic (exact) mass is 1680 g/mol. The first kappa shape index (κ1) is 75.8. The molecule has 538 valence electrons.